The highest BCUT2D eigenvalue weighted by molar-refractivity contribution is 4.93. The first-order chi connectivity index (χ1) is 10.8. The third-order valence-electron chi connectivity index (χ3n) is 3.98. The van der Waals surface area contributed by atoms with Crippen molar-refractivity contribution in [1.29, 1.82) is 0 Å². The van der Waals surface area contributed by atoms with E-state index in [4.69, 9.17) is 19.3 Å². The average Bonchev–Trinajstić information content (AvgIpc) is 2.55. The van der Waals surface area contributed by atoms with Crippen LogP contribution in [0.1, 0.15) is 0 Å². The van der Waals surface area contributed by atoms with Crippen molar-refractivity contribution < 1.29 is 55.1 Å². The monoisotopic (exact) mass is 342 g/mol. The molecular formula is C12H22O11. The number of ether oxygens (including phenoxy) is 3. The number of aliphatic hydroxyl groups is 8. The van der Waals surface area contributed by atoms with Crippen molar-refractivity contribution in [2.75, 3.05) is 13.2 Å². The Morgan fingerprint density at radius 2 is 1.26 bits per heavy atom. The molecule has 136 valence electrons. The molecule has 0 radical (unpaired) electrons. The fourth-order valence-electron chi connectivity index (χ4n) is 2.57. The maximum absolute atomic E-state index is 9.94. The van der Waals surface area contributed by atoms with Gasteiger partial charge >= 0.3 is 0 Å². The van der Waals surface area contributed by atoms with E-state index in [9.17, 15) is 35.7 Å². The molecule has 2 heterocycles. The molecule has 0 unspecified atom stereocenters. The molecule has 0 aliphatic carbocycles. The van der Waals surface area contributed by atoms with Gasteiger partial charge in [0.2, 0.25) is 0 Å². The summed E-state index contributed by atoms with van der Waals surface area (Å²) in [5.41, 5.74) is 0. The fraction of sp³-hybridized carbons (Fsp3) is 1.00. The van der Waals surface area contributed by atoms with Crippen molar-refractivity contribution >= 4 is 0 Å². The van der Waals surface area contributed by atoms with E-state index in [-0.39, 0.29) is 0 Å². The van der Waals surface area contributed by atoms with Gasteiger partial charge in [0.1, 0.15) is 48.8 Å². The lowest BCUT2D eigenvalue weighted by atomic mass is 9.97. The van der Waals surface area contributed by atoms with E-state index in [1.807, 2.05) is 0 Å². The van der Waals surface area contributed by atoms with Crippen LogP contribution in [0.4, 0.5) is 0 Å². The van der Waals surface area contributed by atoms with Crippen LogP contribution in [0, 0.1) is 0 Å². The van der Waals surface area contributed by atoms with Crippen LogP contribution in [0.3, 0.4) is 0 Å². The molecule has 8 N–H and O–H groups in total. The Morgan fingerprint density at radius 1 is 0.652 bits per heavy atom. The molecule has 0 aromatic rings. The molecule has 0 amide bonds. The van der Waals surface area contributed by atoms with Crippen molar-refractivity contribution in [1.82, 2.24) is 0 Å². The van der Waals surface area contributed by atoms with Crippen LogP contribution in [-0.2, 0) is 14.2 Å². The van der Waals surface area contributed by atoms with Crippen LogP contribution in [0.2, 0.25) is 0 Å². The first-order valence-electron chi connectivity index (χ1n) is 7.08. The summed E-state index contributed by atoms with van der Waals surface area (Å²) in [6.07, 6.45) is -15.6. The summed E-state index contributed by atoms with van der Waals surface area (Å²) in [5, 5.41) is 76.5. The van der Waals surface area contributed by atoms with Crippen LogP contribution < -0.4 is 0 Å². The molecule has 23 heavy (non-hydrogen) atoms. The summed E-state index contributed by atoms with van der Waals surface area (Å²) >= 11 is 0. The van der Waals surface area contributed by atoms with Crippen molar-refractivity contribution in [3.8, 4) is 0 Å². The van der Waals surface area contributed by atoms with E-state index in [2.05, 4.69) is 0 Å². The van der Waals surface area contributed by atoms with Gasteiger partial charge in [-0.15, -0.1) is 0 Å². The van der Waals surface area contributed by atoms with Gasteiger partial charge in [0.15, 0.2) is 12.6 Å². The Kier molecular flexibility index (Phi) is 6.27. The highest BCUT2D eigenvalue weighted by atomic mass is 16.7. The molecule has 2 aliphatic rings. The molecule has 0 aromatic carbocycles. The summed E-state index contributed by atoms with van der Waals surface area (Å²) in [5.74, 6) is 0. The molecule has 11 nitrogen and oxygen atoms in total. The first-order valence-corrected chi connectivity index (χ1v) is 7.08. The van der Waals surface area contributed by atoms with Gasteiger partial charge in [-0.3, -0.25) is 0 Å². The largest absolute Gasteiger partial charge is 0.394 e. The summed E-state index contributed by atoms with van der Waals surface area (Å²) in [4.78, 5) is 0. The molecule has 0 aromatic heterocycles. The highest BCUT2D eigenvalue weighted by Gasteiger charge is 2.50. The second-order valence-electron chi connectivity index (χ2n) is 5.53. The summed E-state index contributed by atoms with van der Waals surface area (Å²) < 4.78 is 15.3. The van der Waals surface area contributed by atoms with Gasteiger partial charge in [0.25, 0.3) is 0 Å². The second kappa shape index (κ2) is 7.63. The molecule has 2 rings (SSSR count). The smallest absolute Gasteiger partial charge is 0.187 e. The van der Waals surface area contributed by atoms with Gasteiger partial charge in [-0.25, -0.2) is 0 Å². The number of hydrogen-bond acceptors (Lipinski definition) is 11. The third-order valence-corrected chi connectivity index (χ3v) is 3.98. The lowest BCUT2D eigenvalue weighted by Gasteiger charge is -2.45. The number of hydrogen-bond donors (Lipinski definition) is 8. The minimum Gasteiger partial charge on any atom is -0.394 e. The van der Waals surface area contributed by atoms with Crippen molar-refractivity contribution in [2.24, 2.45) is 0 Å². The Balaban J connectivity index is 2.11. The predicted molar refractivity (Wildman–Crippen MR) is 68.6 cm³/mol. The lowest BCUT2D eigenvalue weighted by Crippen LogP contribution is -2.64. The Morgan fingerprint density at radius 3 is 1.83 bits per heavy atom. The molecule has 0 saturated carbocycles. The maximum atomic E-state index is 9.94. The fourth-order valence-corrected chi connectivity index (χ4v) is 2.57. The second-order valence-corrected chi connectivity index (χ2v) is 5.53. The van der Waals surface area contributed by atoms with Gasteiger partial charge in [-0.1, -0.05) is 0 Å². The Hall–Kier alpha value is -0.440. The standard InChI is InChI=1S/C12H22O11/c13-1-3-5(15)6(16)9(19)12(22-3)23-10-4(2-14)21-11(20)8(18)7(10)17/h3-20H,1-2H2/t3-,4+,5-,6+,7+,8+,9-,10-,11+,12+/m0/s1. The van der Waals surface area contributed by atoms with Crippen molar-refractivity contribution in [3.05, 3.63) is 0 Å². The molecule has 2 fully saturated rings. The van der Waals surface area contributed by atoms with Gasteiger partial charge in [-0.05, 0) is 0 Å². The highest BCUT2D eigenvalue weighted by Crippen LogP contribution is 2.28. The van der Waals surface area contributed by atoms with Crippen LogP contribution >= 0.6 is 0 Å². The summed E-state index contributed by atoms with van der Waals surface area (Å²) in [7, 11) is 0. The summed E-state index contributed by atoms with van der Waals surface area (Å²) in [6, 6.07) is 0. The zero-order valence-corrected chi connectivity index (χ0v) is 12.0. The first kappa shape index (κ1) is 18.9. The van der Waals surface area contributed by atoms with Crippen LogP contribution in [0.15, 0.2) is 0 Å². The van der Waals surface area contributed by atoms with Gasteiger partial charge in [0.05, 0.1) is 13.2 Å². The number of aliphatic hydroxyl groups excluding tert-OH is 8. The molecule has 11 heteroatoms. The zero-order chi connectivity index (χ0) is 17.3. The van der Waals surface area contributed by atoms with Crippen molar-refractivity contribution in [2.45, 2.75) is 61.4 Å². The molecule has 2 saturated heterocycles. The zero-order valence-electron chi connectivity index (χ0n) is 12.0. The molecule has 0 bridgehead atoms. The van der Waals surface area contributed by atoms with E-state index in [1.54, 1.807) is 0 Å². The molecule has 0 spiro atoms. The van der Waals surface area contributed by atoms with Gasteiger partial charge < -0.3 is 55.1 Å². The Bertz CT molecular complexity index is 378. The van der Waals surface area contributed by atoms with E-state index < -0.39 is 74.6 Å². The van der Waals surface area contributed by atoms with Gasteiger partial charge in [0, 0.05) is 0 Å². The van der Waals surface area contributed by atoms with Gasteiger partial charge in [-0.2, -0.15) is 0 Å². The quantitative estimate of drug-likeness (QED) is 0.243. The van der Waals surface area contributed by atoms with E-state index >= 15 is 0 Å². The molecular weight excluding hydrogens is 320 g/mol. The molecule has 10 atom stereocenters. The minimum atomic E-state index is -1.74. The number of rotatable bonds is 4. The maximum Gasteiger partial charge on any atom is 0.187 e. The van der Waals surface area contributed by atoms with Crippen molar-refractivity contribution in [3.63, 3.8) is 0 Å². The predicted octanol–water partition coefficient (Wildman–Crippen LogP) is -5.40. The average molecular weight is 342 g/mol. The Labute approximate surface area is 130 Å². The van der Waals surface area contributed by atoms with E-state index in [1.165, 1.54) is 0 Å². The molecule has 2 aliphatic heterocycles. The topological polar surface area (TPSA) is 190 Å². The SMILES string of the molecule is OC[C@@H]1O[C@H](O[C@@H]2[C@H](O)[C@@H](O)[C@H](O)O[C@@H]2CO)[C@@H](O)[C@H](O)[C@H]1O. The lowest BCUT2D eigenvalue weighted by molar-refractivity contribution is -0.355. The third kappa shape index (κ3) is 3.65. The minimum absolute atomic E-state index is 0.667. The van der Waals surface area contributed by atoms with Crippen LogP contribution in [0.5, 0.6) is 0 Å². The summed E-state index contributed by atoms with van der Waals surface area (Å²) in [6.45, 7) is -1.35. The van der Waals surface area contributed by atoms with E-state index in [0.717, 1.165) is 0 Å². The normalized spacial score (nSPS) is 51.7. The van der Waals surface area contributed by atoms with Crippen LogP contribution in [0.25, 0.3) is 0 Å². The van der Waals surface area contributed by atoms with E-state index in [0.29, 0.717) is 0 Å². The van der Waals surface area contributed by atoms with Crippen LogP contribution in [-0.4, -0.2) is 115 Å².